The molecule has 1 aliphatic heterocycles. The Labute approximate surface area is 181 Å². The molecule has 9 heteroatoms. The fraction of sp³-hybridized carbons (Fsp3) is 0.318. The number of amides is 2. The number of carbonyl (C=O) groups excluding carboxylic acids is 3. The highest BCUT2D eigenvalue weighted by atomic mass is 19.1. The van der Waals surface area contributed by atoms with Crippen LogP contribution in [0.3, 0.4) is 0 Å². The third-order valence-electron chi connectivity index (χ3n) is 5.39. The van der Waals surface area contributed by atoms with E-state index in [1.807, 2.05) is 0 Å². The van der Waals surface area contributed by atoms with Crippen molar-refractivity contribution in [3.05, 3.63) is 58.9 Å². The molecule has 0 aliphatic carbocycles. The van der Waals surface area contributed by atoms with Crippen molar-refractivity contribution in [2.24, 2.45) is 0 Å². The van der Waals surface area contributed by atoms with Gasteiger partial charge in [-0.1, -0.05) is 6.07 Å². The zero-order chi connectivity index (χ0) is 22.6. The van der Waals surface area contributed by atoms with E-state index < -0.39 is 23.1 Å². The van der Waals surface area contributed by atoms with Crippen LogP contribution in [0.25, 0.3) is 0 Å². The van der Waals surface area contributed by atoms with E-state index in [0.29, 0.717) is 28.7 Å². The Morgan fingerprint density at radius 1 is 1.32 bits per heavy atom. The summed E-state index contributed by atoms with van der Waals surface area (Å²) in [4.78, 5) is 37.7. The molecule has 1 atom stereocenters. The van der Waals surface area contributed by atoms with E-state index in [-0.39, 0.29) is 26.0 Å². The van der Waals surface area contributed by atoms with Gasteiger partial charge in [0.15, 0.2) is 0 Å². The normalized spacial score (nSPS) is 14.5. The lowest BCUT2D eigenvalue weighted by atomic mass is 9.71. The summed E-state index contributed by atoms with van der Waals surface area (Å²) in [6.07, 6.45) is 0.656. The van der Waals surface area contributed by atoms with Crippen molar-refractivity contribution in [2.45, 2.75) is 31.4 Å². The summed E-state index contributed by atoms with van der Waals surface area (Å²) in [6.45, 7) is -0.00743. The first-order chi connectivity index (χ1) is 14.8. The molecule has 0 bridgehead atoms. The molecule has 1 heterocycles. The Hall–Kier alpha value is -3.36. The predicted molar refractivity (Wildman–Crippen MR) is 114 cm³/mol. The highest BCUT2D eigenvalue weighted by Gasteiger charge is 2.45. The van der Waals surface area contributed by atoms with Crippen molar-refractivity contribution in [1.29, 1.82) is 0 Å². The van der Waals surface area contributed by atoms with Gasteiger partial charge in [0, 0.05) is 42.9 Å². The molecule has 0 saturated heterocycles. The van der Waals surface area contributed by atoms with Crippen LogP contribution < -0.4 is 15.4 Å². The summed E-state index contributed by atoms with van der Waals surface area (Å²) in [5.41, 5.74) is 0.328. The van der Waals surface area contributed by atoms with Crippen molar-refractivity contribution in [2.75, 3.05) is 19.4 Å². The van der Waals surface area contributed by atoms with Gasteiger partial charge in [0.25, 0.3) is 5.91 Å². The van der Waals surface area contributed by atoms with Crippen LogP contribution in [-0.4, -0.2) is 50.4 Å². The minimum absolute atomic E-state index is 0.0197. The molecule has 2 radical (unpaired) electrons. The Morgan fingerprint density at radius 2 is 2.10 bits per heavy atom. The van der Waals surface area contributed by atoms with Crippen molar-refractivity contribution in [1.82, 2.24) is 10.2 Å². The zero-order valence-corrected chi connectivity index (χ0v) is 17.4. The first-order valence-corrected chi connectivity index (χ1v) is 9.83. The fourth-order valence-electron chi connectivity index (χ4n) is 3.62. The maximum Gasteiger partial charge on any atom is 0.254 e. The molecule has 0 spiro atoms. The van der Waals surface area contributed by atoms with Gasteiger partial charge in [-0.05, 0) is 36.8 Å². The number of halogens is 1. The summed E-state index contributed by atoms with van der Waals surface area (Å²) in [5, 5.41) is 5.41. The third-order valence-corrected chi connectivity index (χ3v) is 5.39. The molecular formula is C22H23BFN3O4. The molecule has 0 saturated carbocycles. The average molecular weight is 423 g/mol. The molecule has 1 unspecified atom stereocenters. The lowest BCUT2D eigenvalue weighted by Crippen LogP contribution is -2.59. The number of nitrogens with one attached hydrogen (secondary N) is 2. The molecule has 7 nitrogen and oxygen atoms in total. The van der Waals surface area contributed by atoms with Gasteiger partial charge in [-0.25, -0.2) is 4.39 Å². The minimum atomic E-state index is -1.68. The smallest absolute Gasteiger partial charge is 0.254 e. The van der Waals surface area contributed by atoms with Crippen LogP contribution in [0.4, 0.5) is 10.1 Å². The van der Waals surface area contributed by atoms with Gasteiger partial charge in [0.1, 0.15) is 32.3 Å². The first kappa shape index (κ1) is 22.3. The van der Waals surface area contributed by atoms with Gasteiger partial charge >= 0.3 is 0 Å². The van der Waals surface area contributed by atoms with E-state index >= 15 is 0 Å². The second kappa shape index (κ2) is 9.20. The van der Waals surface area contributed by atoms with E-state index in [9.17, 15) is 18.8 Å². The van der Waals surface area contributed by atoms with E-state index in [2.05, 4.69) is 10.6 Å². The number of hydrogen-bond acceptors (Lipinski definition) is 5. The lowest BCUT2D eigenvalue weighted by Gasteiger charge is -2.37. The number of likely N-dealkylation sites (N-methyl/N-ethyl adjacent to an activating group) is 1. The maximum atomic E-state index is 14.1. The number of benzene rings is 2. The van der Waals surface area contributed by atoms with Gasteiger partial charge in [-0.3, -0.25) is 9.59 Å². The second-order valence-corrected chi connectivity index (χ2v) is 7.23. The summed E-state index contributed by atoms with van der Waals surface area (Å²) in [5.74, 6) is -0.999. The van der Waals surface area contributed by atoms with Gasteiger partial charge < -0.3 is 25.1 Å². The summed E-state index contributed by atoms with van der Waals surface area (Å²) < 4.78 is 20.0. The third kappa shape index (κ3) is 4.26. The van der Waals surface area contributed by atoms with Crippen LogP contribution in [0.5, 0.6) is 5.75 Å². The Bertz CT molecular complexity index is 1020. The molecule has 1 aliphatic rings. The highest BCUT2D eigenvalue weighted by Crippen LogP contribution is 2.36. The summed E-state index contributed by atoms with van der Waals surface area (Å²) in [7, 11) is 9.47. The van der Waals surface area contributed by atoms with Crippen LogP contribution >= 0.6 is 0 Å². The van der Waals surface area contributed by atoms with Gasteiger partial charge in [0.2, 0.25) is 5.91 Å². The maximum absolute atomic E-state index is 14.1. The standard InChI is InChI=1S/C22H23BFN3O4/c1-25-15-7-8-18(24)14(11-15)13-31-19-6-3-5-16-17(19)12-27(20(16)29)22(23,9-4-10-28)21(30)26-2/h3,5-8,10-11,25H,4,9,12-13H2,1-2H3,(H,26,30). The Kier molecular flexibility index (Phi) is 6.63. The molecule has 160 valence electrons. The summed E-state index contributed by atoms with van der Waals surface area (Å²) >= 11 is 0. The van der Waals surface area contributed by atoms with Gasteiger partial charge in [0.05, 0.1) is 12.0 Å². The van der Waals surface area contributed by atoms with Crippen LogP contribution in [0, 0.1) is 5.82 Å². The number of fused-ring (bicyclic) bond motifs is 1. The van der Waals surface area contributed by atoms with Crippen molar-refractivity contribution in [3.63, 3.8) is 0 Å². The van der Waals surface area contributed by atoms with E-state index in [0.717, 1.165) is 5.69 Å². The lowest BCUT2D eigenvalue weighted by molar-refractivity contribution is -0.127. The second-order valence-electron chi connectivity index (χ2n) is 7.23. The molecular weight excluding hydrogens is 400 g/mol. The largest absolute Gasteiger partial charge is 0.488 e. The predicted octanol–water partition coefficient (Wildman–Crippen LogP) is 1.99. The van der Waals surface area contributed by atoms with E-state index in [1.54, 1.807) is 37.4 Å². The quantitative estimate of drug-likeness (QED) is 0.476. The number of ether oxygens (including phenoxy) is 1. The summed E-state index contributed by atoms with van der Waals surface area (Å²) in [6, 6.07) is 9.57. The van der Waals surface area contributed by atoms with Crippen LogP contribution in [0.15, 0.2) is 36.4 Å². The van der Waals surface area contributed by atoms with Crippen molar-refractivity contribution < 1.29 is 23.5 Å². The number of carbonyl (C=O) groups is 3. The van der Waals surface area contributed by atoms with Crippen molar-refractivity contribution in [3.8, 4) is 5.75 Å². The number of nitrogens with zero attached hydrogens (tertiary/aromatic N) is 1. The van der Waals surface area contributed by atoms with E-state index in [4.69, 9.17) is 12.6 Å². The van der Waals surface area contributed by atoms with Crippen LogP contribution in [0.1, 0.15) is 34.3 Å². The highest BCUT2D eigenvalue weighted by molar-refractivity contribution is 6.30. The van der Waals surface area contributed by atoms with E-state index in [1.165, 1.54) is 18.0 Å². The van der Waals surface area contributed by atoms with Crippen LogP contribution in [0.2, 0.25) is 0 Å². The molecule has 2 aromatic carbocycles. The van der Waals surface area contributed by atoms with Gasteiger partial charge in [-0.2, -0.15) is 0 Å². The Balaban J connectivity index is 1.87. The first-order valence-electron chi connectivity index (χ1n) is 9.83. The molecule has 3 rings (SSSR count). The van der Waals surface area contributed by atoms with Crippen molar-refractivity contribution >= 4 is 31.6 Å². The van der Waals surface area contributed by atoms with Gasteiger partial charge in [-0.15, -0.1) is 0 Å². The zero-order valence-electron chi connectivity index (χ0n) is 17.4. The average Bonchev–Trinajstić information content (AvgIpc) is 3.14. The molecule has 31 heavy (non-hydrogen) atoms. The molecule has 0 aromatic heterocycles. The number of hydrogen-bond donors (Lipinski definition) is 2. The minimum Gasteiger partial charge on any atom is -0.488 e. The Morgan fingerprint density at radius 3 is 2.77 bits per heavy atom. The number of anilines is 1. The fourth-order valence-corrected chi connectivity index (χ4v) is 3.62. The molecule has 0 fully saturated rings. The topological polar surface area (TPSA) is 87.7 Å². The molecule has 2 N–H and O–H groups in total. The number of aldehydes is 1. The monoisotopic (exact) mass is 423 g/mol. The molecule has 2 aromatic rings. The SMILES string of the molecule is [B]C(CCC=O)(C(=O)NC)N1Cc2c(OCc3cc(NC)ccc3F)cccc2C1=O. The van der Waals surface area contributed by atoms with Crippen LogP contribution in [-0.2, 0) is 22.7 Å². The molecule has 2 amide bonds. The number of rotatable bonds is 9.